The van der Waals surface area contributed by atoms with Gasteiger partial charge in [-0.25, -0.2) is 0 Å². The van der Waals surface area contributed by atoms with Gasteiger partial charge in [-0.3, -0.25) is 4.79 Å². The Morgan fingerprint density at radius 1 is 1.38 bits per heavy atom. The van der Waals surface area contributed by atoms with E-state index in [0.29, 0.717) is 24.8 Å². The maximum atomic E-state index is 12.4. The number of carbonyl (C=O) groups is 1. The molecule has 1 fully saturated rings. The lowest BCUT2D eigenvalue weighted by Gasteiger charge is -2.44. The van der Waals surface area contributed by atoms with E-state index in [9.17, 15) is 4.79 Å². The highest BCUT2D eigenvalue weighted by Gasteiger charge is 2.46. The molecule has 0 heterocycles. The van der Waals surface area contributed by atoms with Crippen LogP contribution in [0.15, 0.2) is 18.2 Å². The second kappa shape index (κ2) is 6.35. The molecule has 1 aliphatic carbocycles. The summed E-state index contributed by atoms with van der Waals surface area (Å²) in [5, 5.41) is 2.99. The van der Waals surface area contributed by atoms with Crippen LogP contribution in [0.3, 0.4) is 0 Å². The summed E-state index contributed by atoms with van der Waals surface area (Å²) < 4.78 is 10.5. The molecule has 116 valence electrons. The van der Waals surface area contributed by atoms with Crippen molar-refractivity contribution in [2.24, 2.45) is 17.1 Å². The maximum absolute atomic E-state index is 12.4. The molecule has 0 aliphatic heterocycles. The van der Waals surface area contributed by atoms with Gasteiger partial charge in [0, 0.05) is 24.7 Å². The SMILES string of the molecule is COc1ccc(CNC(=O)C2(CN)CC(C)C2)c(OC)c1. The van der Waals surface area contributed by atoms with Crippen LogP contribution < -0.4 is 20.5 Å². The summed E-state index contributed by atoms with van der Waals surface area (Å²) in [7, 11) is 3.22. The van der Waals surface area contributed by atoms with E-state index in [1.165, 1.54) is 0 Å². The van der Waals surface area contributed by atoms with Crippen molar-refractivity contribution < 1.29 is 14.3 Å². The molecule has 0 saturated heterocycles. The number of carbonyl (C=O) groups excluding carboxylic acids is 1. The maximum Gasteiger partial charge on any atom is 0.227 e. The van der Waals surface area contributed by atoms with Gasteiger partial charge in [0.2, 0.25) is 5.91 Å². The van der Waals surface area contributed by atoms with Crippen molar-refractivity contribution >= 4 is 5.91 Å². The first kappa shape index (κ1) is 15.6. The Kier molecular flexibility index (Phi) is 4.73. The Hall–Kier alpha value is -1.75. The van der Waals surface area contributed by atoms with Gasteiger partial charge in [-0.2, -0.15) is 0 Å². The lowest BCUT2D eigenvalue weighted by molar-refractivity contribution is -0.138. The fraction of sp³-hybridized carbons (Fsp3) is 0.562. The summed E-state index contributed by atoms with van der Waals surface area (Å²) in [5.74, 6) is 2.06. The van der Waals surface area contributed by atoms with Crippen LogP contribution in [0.4, 0.5) is 0 Å². The van der Waals surface area contributed by atoms with Gasteiger partial charge in [0.1, 0.15) is 11.5 Å². The fourth-order valence-corrected chi connectivity index (χ4v) is 3.08. The molecule has 5 heteroatoms. The number of nitrogens with one attached hydrogen (secondary N) is 1. The van der Waals surface area contributed by atoms with Crippen LogP contribution in [-0.4, -0.2) is 26.7 Å². The highest BCUT2D eigenvalue weighted by atomic mass is 16.5. The first-order chi connectivity index (χ1) is 10.0. The zero-order valence-corrected chi connectivity index (χ0v) is 12.9. The summed E-state index contributed by atoms with van der Waals surface area (Å²) >= 11 is 0. The van der Waals surface area contributed by atoms with E-state index in [0.717, 1.165) is 24.2 Å². The minimum atomic E-state index is -0.376. The lowest BCUT2D eigenvalue weighted by Crippen LogP contribution is -2.53. The predicted octanol–water partition coefficient (Wildman–Crippen LogP) is 1.69. The van der Waals surface area contributed by atoms with Crippen molar-refractivity contribution in [2.45, 2.75) is 26.3 Å². The van der Waals surface area contributed by atoms with Crippen molar-refractivity contribution in [3.05, 3.63) is 23.8 Å². The van der Waals surface area contributed by atoms with E-state index in [1.54, 1.807) is 14.2 Å². The van der Waals surface area contributed by atoms with E-state index in [2.05, 4.69) is 12.2 Å². The summed E-state index contributed by atoms with van der Waals surface area (Å²) in [6.45, 7) is 2.98. The van der Waals surface area contributed by atoms with E-state index in [4.69, 9.17) is 15.2 Å². The van der Waals surface area contributed by atoms with Crippen molar-refractivity contribution in [3.8, 4) is 11.5 Å². The predicted molar refractivity (Wildman–Crippen MR) is 81.3 cm³/mol. The number of benzene rings is 1. The topological polar surface area (TPSA) is 73.6 Å². The van der Waals surface area contributed by atoms with Gasteiger partial charge >= 0.3 is 0 Å². The van der Waals surface area contributed by atoms with Crippen LogP contribution in [0.5, 0.6) is 11.5 Å². The third-order valence-corrected chi connectivity index (χ3v) is 4.28. The van der Waals surface area contributed by atoms with Gasteiger partial charge in [-0.15, -0.1) is 0 Å². The van der Waals surface area contributed by atoms with Crippen LogP contribution >= 0.6 is 0 Å². The molecule has 0 aromatic heterocycles. The quantitative estimate of drug-likeness (QED) is 0.837. The molecule has 1 aliphatic rings. The van der Waals surface area contributed by atoms with E-state index in [1.807, 2.05) is 18.2 Å². The van der Waals surface area contributed by atoms with Crippen LogP contribution in [0.1, 0.15) is 25.3 Å². The number of hydrogen-bond acceptors (Lipinski definition) is 4. The minimum Gasteiger partial charge on any atom is -0.497 e. The molecule has 0 spiro atoms. The fourth-order valence-electron chi connectivity index (χ4n) is 3.08. The number of methoxy groups -OCH3 is 2. The Labute approximate surface area is 125 Å². The number of amides is 1. The normalized spacial score (nSPS) is 24.1. The zero-order valence-electron chi connectivity index (χ0n) is 12.9. The molecule has 3 N–H and O–H groups in total. The number of hydrogen-bond donors (Lipinski definition) is 2. The molecule has 0 atom stereocenters. The average molecular weight is 292 g/mol. The van der Waals surface area contributed by atoms with Crippen LogP contribution in [0.2, 0.25) is 0 Å². The molecular formula is C16H24N2O3. The molecule has 0 bridgehead atoms. The third-order valence-electron chi connectivity index (χ3n) is 4.28. The first-order valence-electron chi connectivity index (χ1n) is 7.24. The molecule has 0 unspecified atom stereocenters. The van der Waals surface area contributed by atoms with Gasteiger partial charge in [-0.05, 0) is 30.9 Å². The van der Waals surface area contributed by atoms with E-state index < -0.39 is 0 Å². The lowest BCUT2D eigenvalue weighted by atomic mass is 9.62. The largest absolute Gasteiger partial charge is 0.497 e. The molecule has 2 rings (SSSR count). The number of nitrogens with two attached hydrogens (primary N) is 1. The van der Waals surface area contributed by atoms with Crippen LogP contribution in [0.25, 0.3) is 0 Å². The second-order valence-electron chi connectivity index (χ2n) is 5.86. The first-order valence-corrected chi connectivity index (χ1v) is 7.24. The van der Waals surface area contributed by atoms with Gasteiger partial charge in [0.05, 0.1) is 19.6 Å². The molecular weight excluding hydrogens is 268 g/mol. The summed E-state index contributed by atoms with van der Waals surface area (Å²) in [6, 6.07) is 5.57. The number of ether oxygens (including phenoxy) is 2. The summed E-state index contributed by atoms with van der Waals surface area (Å²) in [6.07, 6.45) is 1.74. The van der Waals surface area contributed by atoms with Crippen LogP contribution in [0, 0.1) is 11.3 Å². The molecule has 1 amide bonds. The molecule has 1 aromatic carbocycles. The van der Waals surface area contributed by atoms with Crippen molar-refractivity contribution in [1.29, 1.82) is 0 Å². The monoisotopic (exact) mass is 292 g/mol. The van der Waals surface area contributed by atoms with Gasteiger partial charge < -0.3 is 20.5 Å². The molecule has 1 saturated carbocycles. The number of rotatable bonds is 6. The third kappa shape index (κ3) is 3.13. The van der Waals surface area contributed by atoms with Gasteiger partial charge in [0.15, 0.2) is 0 Å². The zero-order chi connectivity index (χ0) is 15.5. The van der Waals surface area contributed by atoms with Gasteiger partial charge in [0.25, 0.3) is 0 Å². The van der Waals surface area contributed by atoms with E-state index >= 15 is 0 Å². The molecule has 1 aromatic rings. The molecule has 21 heavy (non-hydrogen) atoms. The summed E-state index contributed by atoms with van der Waals surface area (Å²) in [4.78, 5) is 12.4. The Bertz CT molecular complexity index is 510. The average Bonchev–Trinajstić information content (AvgIpc) is 2.48. The standard InChI is InChI=1S/C16H24N2O3/c1-11-7-16(8-11,10-17)15(19)18-9-12-4-5-13(20-2)6-14(12)21-3/h4-6,11H,7-10,17H2,1-3H3,(H,18,19). The van der Waals surface area contributed by atoms with Gasteiger partial charge in [-0.1, -0.05) is 6.92 Å². The highest BCUT2D eigenvalue weighted by molar-refractivity contribution is 5.84. The molecule has 5 nitrogen and oxygen atoms in total. The van der Waals surface area contributed by atoms with Crippen molar-refractivity contribution in [3.63, 3.8) is 0 Å². The smallest absolute Gasteiger partial charge is 0.227 e. The van der Waals surface area contributed by atoms with E-state index in [-0.39, 0.29) is 11.3 Å². The Balaban J connectivity index is 2.01. The van der Waals surface area contributed by atoms with Crippen molar-refractivity contribution in [1.82, 2.24) is 5.32 Å². The van der Waals surface area contributed by atoms with Crippen LogP contribution in [-0.2, 0) is 11.3 Å². The molecule has 0 radical (unpaired) electrons. The second-order valence-corrected chi connectivity index (χ2v) is 5.86. The Morgan fingerprint density at radius 3 is 2.62 bits per heavy atom. The minimum absolute atomic E-state index is 0.0426. The highest BCUT2D eigenvalue weighted by Crippen LogP contribution is 2.44. The summed E-state index contributed by atoms with van der Waals surface area (Å²) in [5.41, 5.74) is 6.34. The Morgan fingerprint density at radius 2 is 2.10 bits per heavy atom. The van der Waals surface area contributed by atoms with Crippen molar-refractivity contribution in [2.75, 3.05) is 20.8 Å².